The third kappa shape index (κ3) is 3.52. The first-order chi connectivity index (χ1) is 11.5. The summed E-state index contributed by atoms with van der Waals surface area (Å²) in [5.41, 5.74) is 2.73. The van der Waals surface area contributed by atoms with Gasteiger partial charge in [-0.2, -0.15) is 0 Å². The number of carbonyl (C=O) groups is 1. The van der Waals surface area contributed by atoms with Crippen molar-refractivity contribution < 1.29 is 9.21 Å². The van der Waals surface area contributed by atoms with Crippen LogP contribution in [0.25, 0.3) is 11.3 Å². The molecule has 0 saturated carbocycles. The SMILES string of the molecule is CC(C)c1ccc(NC(=O)c2ccc(-c3ccccc3Cl)o2)cc1. The molecule has 0 atom stereocenters. The highest BCUT2D eigenvalue weighted by Gasteiger charge is 2.14. The van der Waals surface area contributed by atoms with Crippen LogP contribution in [0, 0.1) is 0 Å². The maximum Gasteiger partial charge on any atom is 0.291 e. The molecule has 4 heteroatoms. The number of hydrogen-bond acceptors (Lipinski definition) is 2. The number of anilines is 1. The number of nitrogens with one attached hydrogen (secondary N) is 1. The number of rotatable bonds is 4. The van der Waals surface area contributed by atoms with Gasteiger partial charge >= 0.3 is 0 Å². The maximum absolute atomic E-state index is 12.3. The molecule has 0 aliphatic carbocycles. The molecule has 0 aliphatic heterocycles. The van der Waals surface area contributed by atoms with Crippen LogP contribution in [0.5, 0.6) is 0 Å². The minimum atomic E-state index is -0.286. The minimum absolute atomic E-state index is 0.248. The van der Waals surface area contributed by atoms with Crippen molar-refractivity contribution >= 4 is 23.2 Å². The van der Waals surface area contributed by atoms with Crippen LogP contribution in [0.3, 0.4) is 0 Å². The first kappa shape index (κ1) is 16.3. The summed E-state index contributed by atoms with van der Waals surface area (Å²) in [4.78, 5) is 12.3. The van der Waals surface area contributed by atoms with Crippen molar-refractivity contribution in [1.29, 1.82) is 0 Å². The summed E-state index contributed by atoms with van der Waals surface area (Å²) in [7, 11) is 0. The lowest BCUT2D eigenvalue weighted by molar-refractivity contribution is 0.0997. The van der Waals surface area contributed by atoms with Crippen molar-refractivity contribution in [2.24, 2.45) is 0 Å². The molecule has 0 radical (unpaired) electrons. The van der Waals surface area contributed by atoms with E-state index in [0.717, 1.165) is 11.3 Å². The summed E-state index contributed by atoms with van der Waals surface area (Å²) in [6, 6.07) is 18.6. The molecule has 3 rings (SSSR count). The Bertz CT molecular complexity index is 850. The second-order valence-electron chi connectivity index (χ2n) is 5.87. The highest BCUT2D eigenvalue weighted by atomic mass is 35.5. The Hall–Kier alpha value is -2.52. The molecule has 0 fully saturated rings. The number of halogens is 1. The van der Waals surface area contributed by atoms with Crippen LogP contribution in [-0.2, 0) is 0 Å². The number of hydrogen-bond donors (Lipinski definition) is 1. The third-order valence-corrected chi connectivity index (χ3v) is 4.13. The molecule has 0 unspecified atom stereocenters. The number of benzene rings is 2. The molecule has 1 heterocycles. The van der Waals surface area contributed by atoms with E-state index in [-0.39, 0.29) is 11.7 Å². The van der Waals surface area contributed by atoms with Gasteiger partial charge in [0.1, 0.15) is 5.76 Å². The zero-order valence-electron chi connectivity index (χ0n) is 13.5. The van der Waals surface area contributed by atoms with Gasteiger partial charge in [-0.3, -0.25) is 4.79 Å². The molecule has 3 aromatic rings. The van der Waals surface area contributed by atoms with Crippen LogP contribution in [-0.4, -0.2) is 5.91 Å². The van der Waals surface area contributed by atoms with Gasteiger partial charge in [0.25, 0.3) is 5.91 Å². The van der Waals surface area contributed by atoms with E-state index >= 15 is 0 Å². The molecule has 122 valence electrons. The Morgan fingerprint density at radius 2 is 1.71 bits per heavy atom. The fourth-order valence-electron chi connectivity index (χ4n) is 2.41. The van der Waals surface area contributed by atoms with Gasteiger partial charge in [0.15, 0.2) is 5.76 Å². The summed E-state index contributed by atoms with van der Waals surface area (Å²) < 4.78 is 5.65. The Morgan fingerprint density at radius 1 is 1.00 bits per heavy atom. The summed E-state index contributed by atoms with van der Waals surface area (Å²) in [6.07, 6.45) is 0. The van der Waals surface area contributed by atoms with Crippen molar-refractivity contribution in [2.75, 3.05) is 5.32 Å². The molecule has 24 heavy (non-hydrogen) atoms. The topological polar surface area (TPSA) is 42.2 Å². The standard InChI is InChI=1S/C20H18ClNO2/c1-13(2)14-7-9-15(10-8-14)22-20(23)19-12-11-18(24-19)16-5-3-4-6-17(16)21/h3-13H,1-2H3,(H,22,23). The fourth-order valence-corrected chi connectivity index (χ4v) is 2.64. The largest absolute Gasteiger partial charge is 0.451 e. The van der Waals surface area contributed by atoms with Crippen LogP contribution >= 0.6 is 11.6 Å². The molecule has 1 amide bonds. The normalized spacial score (nSPS) is 10.8. The van der Waals surface area contributed by atoms with Crippen molar-refractivity contribution in [3.8, 4) is 11.3 Å². The van der Waals surface area contributed by atoms with Crippen LogP contribution < -0.4 is 5.32 Å². The van der Waals surface area contributed by atoms with Gasteiger partial charge < -0.3 is 9.73 Å². The smallest absolute Gasteiger partial charge is 0.291 e. The molecular weight excluding hydrogens is 322 g/mol. The van der Waals surface area contributed by atoms with E-state index < -0.39 is 0 Å². The molecule has 2 aromatic carbocycles. The Kier molecular flexibility index (Phi) is 4.72. The van der Waals surface area contributed by atoms with Gasteiger partial charge in [0.05, 0.1) is 5.02 Å². The molecular formula is C20H18ClNO2. The maximum atomic E-state index is 12.3. The predicted molar refractivity (Wildman–Crippen MR) is 97.6 cm³/mol. The van der Waals surface area contributed by atoms with Crippen LogP contribution in [0.4, 0.5) is 5.69 Å². The van der Waals surface area contributed by atoms with Crippen molar-refractivity contribution in [3.63, 3.8) is 0 Å². The minimum Gasteiger partial charge on any atom is -0.451 e. The van der Waals surface area contributed by atoms with E-state index in [1.807, 2.05) is 42.5 Å². The molecule has 0 saturated heterocycles. The quantitative estimate of drug-likeness (QED) is 0.635. The zero-order valence-corrected chi connectivity index (χ0v) is 14.3. The monoisotopic (exact) mass is 339 g/mol. The van der Waals surface area contributed by atoms with Gasteiger partial charge in [0.2, 0.25) is 0 Å². The highest BCUT2D eigenvalue weighted by Crippen LogP contribution is 2.29. The molecule has 0 aliphatic rings. The second-order valence-corrected chi connectivity index (χ2v) is 6.28. The summed E-state index contributed by atoms with van der Waals surface area (Å²) in [5, 5.41) is 3.42. The molecule has 0 spiro atoms. The Balaban J connectivity index is 1.75. The Morgan fingerprint density at radius 3 is 2.38 bits per heavy atom. The average molecular weight is 340 g/mol. The highest BCUT2D eigenvalue weighted by molar-refractivity contribution is 6.33. The van der Waals surface area contributed by atoms with Gasteiger partial charge in [-0.25, -0.2) is 0 Å². The third-order valence-electron chi connectivity index (χ3n) is 3.80. The van der Waals surface area contributed by atoms with Gasteiger partial charge in [-0.1, -0.05) is 49.7 Å². The Labute approximate surface area is 146 Å². The number of amides is 1. The first-order valence-corrected chi connectivity index (χ1v) is 8.18. The predicted octanol–water partition coefficient (Wildman–Crippen LogP) is 5.98. The second kappa shape index (κ2) is 6.93. The molecule has 1 aromatic heterocycles. The number of furan rings is 1. The van der Waals surface area contributed by atoms with Gasteiger partial charge in [-0.15, -0.1) is 0 Å². The summed E-state index contributed by atoms with van der Waals surface area (Å²) in [6.45, 7) is 4.26. The lowest BCUT2D eigenvalue weighted by Crippen LogP contribution is -2.10. The average Bonchev–Trinajstić information content (AvgIpc) is 3.05. The van der Waals surface area contributed by atoms with Gasteiger partial charge in [0, 0.05) is 11.3 Å². The van der Waals surface area contributed by atoms with E-state index in [1.54, 1.807) is 18.2 Å². The molecule has 3 nitrogen and oxygen atoms in total. The van der Waals surface area contributed by atoms with E-state index in [9.17, 15) is 4.79 Å². The van der Waals surface area contributed by atoms with E-state index in [2.05, 4.69) is 19.2 Å². The summed E-state index contributed by atoms with van der Waals surface area (Å²) >= 11 is 6.16. The lowest BCUT2D eigenvalue weighted by atomic mass is 10.0. The van der Waals surface area contributed by atoms with E-state index in [4.69, 9.17) is 16.0 Å². The molecule has 0 bridgehead atoms. The lowest BCUT2D eigenvalue weighted by Gasteiger charge is -2.07. The van der Waals surface area contributed by atoms with Crippen molar-refractivity contribution in [1.82, 2.24) is 0 Å². The zero-order chi connectivity index (χ0) is 17.1. The summed E-state index contributed by atoms with van der Waals surface area (Å²) in [5.74, 6) is 0.988. The van der Waals surface area contributed by atoms with Crippen LogP contribution in [0.2, 0.25) is 5.02 Å². The fraction of sp³-hybridized carbons (Fsp3) is 0.150. The van der Waals surface area contributed by atoms with Gasteiger partial charge in [-0.05, 0) is 47.9 Å². The first-order valence-electron chi connectivity index (χ1n) is 7.80. The molecule has 1 N–H and O–H groups in total. The number of carbonyl (C=O) groups excluding carboxylic acids is 1. The van der Waals surface area contributed by atoms with E-state index in [0.29, 0.717) is 16.7 Å². The van der Waals surface area contributed by atoms with E-state index in [1.165, 1.54) is 5.56 Å². The van der Waals surface area contributed by atoms with Crippen molar-refractivity contribution in [2.45, 2.75) is 19.8 Å². The van der Waals surface area contributed by atoms with Crippen LogP contribution in [0.1, 0.15) is 35.9 Å². The van der Waals surface area contributed by atoms with Crippen LogP contribution in [0.15, 0.2) is 65.1 Å². The van der Waals surface area contributed by atoms with Crippen molar-refractivity contribution in [3.05, 3.63) is 77.0 Å².